The molecule has 0 aromatic heterocycles. The van der Waals surface area contributed by atoms with E-state index in [4.69, 9.17) is 11.6 Å². The SMILES string of the molecule is C[C@H](NC(=O)Cc1c(F)cccc1Cl)c1ccccc1Br. The number of nitrogens with one attached hydrogen (secondary N) is 1. The number of carbonyl (C=O) groups excluding carboxylic acids is 1. The van der Waals surface area contributed by atoms with Crippen LogP contribution in [0.4, 0.5) is 4.39 Å². The summed E-state index contributed by atoms with van der Waals surface area (Å²) in [6.45, 7) is 1.88. The van der Waals surface area contributed by atoms with Crippen molar-refractivity contribution in [3.05, 3.63) is 68.9 Å². The van der Waals surface area contributed by atoms with Gasteiger partial charge in [-0.1, -0.05) is 51.8 Å². The molecule has 0 aliphatic heterocycles. The molecule has 0 saturated heterocycles. The molecule has 0 bridgehead atoms. The fourth-order valence-electron chi connectivity index (χ4n) is 2.06. The Labute approximate surface area is 136 Å². The lowest BCUT2D eigenvalue weighted by Crippen LogP contribution is -2.28. The molecule has 2 nitrogen and oxygen atoms in total. The molecule has 0 unspecified atom stereocenters. The minimum atomic E-state index is -0.466. The quantitative estimate of drug-likeness (QED) is 0.833. The van der Waals surface area contributed by atoms with Crippen LogP contribution in [0.15, 0.2) is 46.9 Å². The smallest absolute Gasteiger partial charge is 0.225 e. The van der Waals surface area contributed by atoms with Crippen molar-refractivity contribution in [1.82, 2.24) is 5.32 Å². The summed E-state index contributed by atoms with van der Waals surface area (Å²) in [6.07, 6.45) is -0.0830. The fraction of sp³-hybridized carbons (Fsp3) is 0.188. The van der Waals surface area contributed by atoms with Crippen LogP contribution in [0.2, 0.25) is 5.02 Å². The third-order valence-corrected chi connectivity index (χ3v) is 4.22. The Morgan fingerprint density at radius 3 is 2.67 bits per heavy atom. The lowest BCUT2D eigenvalue weighted by Gasteiger charge is -2.16. The zero-order chi connectivity index (χ0) is 15.4. The second kappa shape index (κ2) is 7.05. The highest BCUT2D eigenvalue weighted by atomic mass is 79.9. The predicted octanol–water partition coefficient (Wildman–Crippen LogP) is 4.66. The van der Waals surface area contributed by atoms with E-state index in [-0.39, 0.29) is 29.0 Å². The molecule has 2 aromatic rings. The summed E-state index contributed by atoms with van der Waals surface area (Å²) in [4.78, 5) is 12.1. The number of amides is 1. The molecule has 0 aliphatic rings. The zero-order valence-electron chi connectivity index (χ0n) is 11.4. The summed E-state index contributed by atoms with van der Waals surface area (Å²) in [6, 6.07) is 11.8. The average molecular weight is 371 g/mol. The van der Waals surface area contributed by atoms with E-state index < -0.39 is 5.82 Å². The van der Waals surface area contributed by atoms with Crippen molar-refractivity contribution < 1.29 is 9.18 Å². The highest BCUT2D eigenvalue weighted by molar-refractivity contribution is 9.10. The highest BCUT2D eigenvalue weighted by Gasteiger charge is 2.15. The first-order valence-electron chi connectivity index (χ1n) is 6.45. The number of benzene rings is 2. The average Bonchev–Trinajstić information content (AvgIpc) is 2.43. The van der Waals surface area contributed by atoms with Gasteiger partial charge >= 0.3 is 0 Å². The lowest BCUT2D eigenvalue weighted by atomic mass is 10.1. The number of halogens is 3. The van der Waals surface area contributed by atoms with Gasteiger partial charge in [-0.05, 0) is 30.7 Å². The Hall–Kier alpha value is -1.39. The van der Waals surface area contributed by atoms with Gasteiger partial charge in [-0.3, -0.25) is 4.79 Å². The molecular weight excluding hydrogens is 357 g/mol. The maximum atomic E-state index is 13.7. The van der Waals surface area contributed by atoms with E-state index in [1.54, 1.807) is 6.07 Å². The number of rotatable bonds is 4. The van der Waals surface area contributed by atoms with Crippen molar-refractivity contribution in [1.29, 1.82) is 0 Å². The maximum Gasteiger partial charge on any atom is 0.225 e. The molecule has 0 fully saturated rings. The van der Waals surface area contributed by atoms with Gasteiger partial charge in [0.05, 0.1) is 12.5 Å². The van der Waals surface area contributed by atoms with E-state index in [0.29, 0.717) is 0 Å². The van der Waals surface area contributed by atoms with E-state index in [1.165, 1.54) is 12.1 Å². The van der Waals surface area contributed by atoms with Crippen molar-refractivity contribution >= 4 is 33.4 Å². The van der Waals surface area contributed by atoms with Gasteiger partial charge in [0.1, 0.15) is 5.82 Å². The van der Waals surface area contributed by atoms with Crippen LogP contribution in [-0.2, 0) is 11.2 Å². The first-order chi connectivity index (χ1) is 9.99. The molecule has 2 rings (SSSR count). The Bertz CT molecular complexity index is 642. The molecule has 21 heavy (non-hydrogen) atoms. The lowest BCUT2D eigenvalue weighted by molar-refractivity contribution is -0.121. The Morgan fingerprint density at radius 1 is 1.29 bits per heavy atom. The Kier molecular flexibility index (Phi) is 5.37. The maximum absolute atomic E-state index is 13.7. The molecule has 1 N–H and O–H groups in total. The first-order valence-corrected chi connectivity index (χ1v) is 7.63. The zero-order valence-corrected chi connectivity index (χ0v) is 13.7. The van der Waals surface area contributed by atoms with Crippen LogP contribution in [0.25, 0.3) is 0 Å². The van der Waals surface area contributed by atoms with Crippen LogP contribution in [0, 0.1) is 5.82 Å². The molecule has 110 valence electrons. The molecule has 5 heteroatoms. The van der Waals surface area contributed by atoms with E-state index in [9.17, 15) is 9.18 Å². The minimum Gasteiger partial charge on any atom is -0.349 e. The van der Waals surface area contributed by atoms with Crippen LogP contribution in [0.3, 0.4) is 0 Å². The van der Waals surface area contributed by atoms with Gasteiger partial charge in [0.15, 0.2) is 0 Å². The summed E-state index contributed by atoms with van der Waals surface area (Å²) in [5.74, 6) is -0.739. The molecule has 1 atom stereocenters. The first kappa shape index (κ1) is 16.0. The van der Waals surface area contributed by atoms with Crippen molar-refractivity contribution in [2.45, 2.75) is 19.4 Å². The third-order valence-electron chi connectivity index (χ3n) is 3.15. The molecule has 0 spiro atoms. The molecule has 0 aliphatic carbocycles. The Morgan fingerprint density at radius 2 is 2.00 bits per heavy atom. The molecular formula is C16H14BrClFNO. The van der Waals surface area contributed by atoms with E-state index in [1.807, 2.05) is 31.2 Å². The monoisotopic (exact) mass is 369 g/mol. The van der Waals surface area contributed by atoms with Gasteiger partial charge in [-0.2, -0.15) is 0 Å². The fourth-order valence-corrected chi connectivity index (χ4v) is 2.92. The van der Waals surface area contributed by atoms with Crippen LogP contribution < -0.4 is 5.32 Å². The van der Waals surface area contributed by atoms with E-state index >= 15 is 0 Å². The second-order valence-electron chi connectivity index (χ2n) is 4.69. The van der Waals surface area contributed by atoms with Crippen LogP contribution in [0.1, 0.15) is 24.1 Å². The predicted molar refractivity (Wildman–Crippen MR) is 85.8 cm³/mol. The van der Waals surface area contributed by atoms with Gasteiger partial charge in [-0.15, -0.1) is 0 Å². The van der Waals surface area contributed by atoms with Gasteiger partial charge in [0.25, 0.3) is 0 Å². The molecule has 0 radical (unpaired) electrons. The highest BCUT2D eigenvalue weighted by Crippen LogP contribution is 2.23. The van der Waals surface area contributed by atoms with Crippen LogP contribution in [0.5, 0.6) is 0 Å². The van der Waals surface area contributed by atoms with Crippen LogP contribution >= 0.6 is 27.5 Å². The van der Waals surface area contributed by atoms with Gasteiger partial charge < -0.3 is 5.32 Å². The summed E-state index contributed by atoms with van der Waals surface area (Å²) in [7, 11) is 0. The molecule has 2 aromatic carbocycles. The van der Waals surface area contributed by atoms with Crippen molar-refractivity contribution in [3.63, 3.8) is 0 Å². The van der Waals surface area contributed by atoms with E-state index in [2.05, 4.69) is 21.2 Å². The van der Waals surface area contributed by atoms with E-state index in [0.717, 1.165) is 10.0 Å². The molecule has 0 heterocycles. The topological polar surface area (TPSA) is 29.1 Å². The molecule has 1 amide bonds. The molecule has 0 saturated carbocycles. The largest absolute Gasteiger partial charge is 0.349 e. The second-order valence-corrected chi connectivity index (χ2v) is 5.95. The normalized spacial score (nSPS) is 12.0. The minimum absolute atomic E-state index is 0.0830. The summed E-state index contributed by atoms with van der Waals surface area (Å²) in [5, 5.41) is 3.11. The van der Waals surface area contributed by atoms with Crippen molar-refractivity contribution in [2.24, 2.45) is 0 Å². The third kappa shape index (κ3) is 4.05. The summed E-state index contributed by atoms with van der Waals surface area (Å²) >= 11 is 9.37. The van der Waals surface area contributed by atoms with Crippen LogP contribution in [-0.4, -0.2) is 5.91 Å². The van der Waals surface area contributed by atoms with Crippen molar-refractivity contribution in [3.8, 4) is 0 Å². The van der Waals surface area contributed by atoms with Gasteiger partial charge in [0.2, 0.25) is 5.91 Å². The number of hydrogen-bond acceptors (Lipinski definition) is 1. The number of hydrogen-bond donors (Lipinski definition) is 1. The summed E-state index contributed by atoms with van der Waals surface area (Å²) in [5.41, 5.74) is 1.18. The van der Waals surface area contributed by atoms with Gasteiger partial charge in [-0.25, -0.2) is 4.39 Å². The standard InChI is InChI=1S/C16H14BrClFNO/c1-10(11-5-2-3-6-13(11)17)20-16(21)9-12-14(18)7-4-8-15(12)19/h2-8,10H,9H2,1H3,(H,20,21)/t10-/m0/s1. The van der Waals surface area contributed by atoms with Crippen molar-refractivity contribution in [2.75, 3.05) is 0 Å². The summed E-state index contributed by atoms with van der Waals surface area (Å²) < 4.78 is 14.6. The van der Waals surface area contributed by atoms with Gasteiger partial charge in [0, 0.05) is 15.1 Å². The number of carbonyl (C=O) groups is 1. The Balaban J connectivity index is 2.07.